The van der Waals surface area contributed by atoms with Gasteiger partial charge < -0.3 is 15.8 Å². The molecule has 6 nitrogen and oxygen atoms in total. The molecule has 0 aromatic heterocycles. The lowest BCUT2D eigenvalue weighted by atomic mass is 10.2. The molecular formula is C12H19N3O3. The van der Waals surface area contributed by atoms with Gasteiger partial charge >= 0.3 is 5.69 Å². The number of hydrogen-bond donors (Lipinski definition) is 2. The van der Waals surface area contributed by atoms with Crippen molar-refractivity contribution in [2.24, 2.45) is 5.73 Å². The molecule has 100 valence electrons. The van der Waals surface area contributed by atoms with Gasteiger partial charge in [0.05, 0.1) is 11.0 Å². The topological polar surface area (TPSA) is 90.4 Å². The van der Waals surface area contributed by atoms with Crippen LogP contribution in [-0.2, 0) is 0 Å². The van der Waals surface area contributed by atoms with Gasteiger partial charge in [-0.25, -0.2) is 0 Å². The fourth-order valence-corrected chi connectivity index (χ4v) is 1.45. The van der Waals surface area contributed by atoms with Crippen molar-refractivity contribution in [3.05, 3.63) is 28.3 Å². The van der Waals surface area contributed by atoms with Crippen LogP contribution >= 0.6 is 0 Å². The van der Waals surface area contributed by atoms with Crippen molar-refractivity contribution >= 4 is 11.4 Å². The Kier molecular flexibility index (Phi) is 4.91. The third-order valence-corrected chi connectivity index (χ3v) is 2.29. The van der Waals surface area contributed by atoms with Crippen LogP contribution in [0.4, 0.5) is 11.4 Å². The highest BCUT2D eigenvalue weighted by Gasteiger charge is 2.17. The number of anilines is 1. The second-order valence-electron chi connectivity index (χ2n) is 4.39. The zero-order valence-corrected chi connectivity index (χ0v) is 10.8. The first-order valence-corrected chi connectivity index (χ1v) is 5.85. The van der Waals surface area contributed by atoms with Crippen molar-refractivity contribution in [1.82, 2.24) is 0 Å². The van der Waals surface area contributed by atoms with E-state index in [1.165, 1.54) is 6.07 Å². The van der Waals surface area contributed by atoms with Crippen LogP contribution in [0.15, 0.2) is 18.2 Å². The van der Waals surface area contributed by atoms with E-state index in [-0.39, 0.29) is 23.6 Å². The lowest BCUT2D eigenvalue weighted by Crippen LogP contribution is -2.25. The highest BCUT2D eigenvalue weighted by atomic mass is 16.6. The van der Waals surface area contributed by atoms with Crippen molar-refractivity contribution in [2.75, 3.05) is 11.9 Å². The number of nitro benzene ring substituents is 1. The van der Waals surface area contributed by atoms with Crippen LogP contribution in [0.2, 0.25) is 0 Å². The summed E-state index contributed by atoms with van der Waals surface area (Å²) in [4.78, 5) is 10.4. The van der Waals surface area contributed by atoms with Gasteiger partial charge in [-0.1, -0.05) is 0 Å². The van der Waals surface area contributed by atoms with Gasteiger partial charge in [0.2, 0.25) is 0 Å². The third kappa shape index (κ3) is 3.89. The first kappa shape index (κ1) is 14.2. The number of benzene rings is 1. The monoisotopic (exact) mass is 253 g/mol. The molecule has 0 aliphatic heterocycles. The van der Waals surface area contributed by atoms with Gasteiger partial charge in [-0.15, -0.1) is 0 Å². The summed E-state index contributed by atoms with van der Waals surface area (Å²) in [7, 11) is 0. The van der Waals surface area contributed by atoms with E-state index in [0.29, 0.717) is 6.54 Å². The van der Waals surface area contributed by atoms with Crippen molar-refractivity contribution in [3.8, 4) is 5.75 Å². The molecule has 0 amide bonds. The smallest absolute Gasteiger partial charge is 0.311 e. The van der Waals surface area contributed by atoms with E-state index in [2.05, 4.69) is 5.32 Å². The van der Waals surface area contributed by atoms with Gasteiger partial charge in [-0.05, 0) is 26.8 Å². The van der Waals surface area contributed by atoms with E-state index < -0.39 is 4.92 Å². The molecular weight excluding hydrogens is 234 g/mol. The van der Waals surface area contributed by atoms with Crippen LogP contribution in [0.5, 0.6) is 5.75 Å². The highest BCUT2D eigenvalue weighted by Crippen LogP contribution is 2.31. The third-order valence-electron chi connectivity index (χ3n) is 2.29. The molecule has 18 heavy (non-hydrogen) atoms. The summed E-state index contributed by atoms with van der Waals surface area (Å²) in [6, 6.07) is 4.81. The van der Waals surface area contributed by atoms with Crippen LogP contribution in [0.25, 0.3) is 0 Å². The molecule has 1 aromatic rings. The molecule has 3 N–H and O–H groups in total. The summed E-state index contributed by atoms with van der Waals surface area (Å²) in [5.41, 5.74) is 6.24. The van der Waals surface area contributed by atoms with Gasteiger partial charge in [0.1, 0.15) is 0 Å². The first-order chi connectivity index (χ1) is 8.43. The Morgan fingerprint density at radius 1 is 1.44 bits per heavy atom. The van der Waals surface area contributed by atoms with E-state index in [1.54, 1.807) is 12.1 Å². The molecule has 0 spiro atoms. The zero-order valence-electron chi connectivity index (χ0n) is 10.8. The minimum absolute atomic E-state index is 0.0327. The quantitative estimate of drug-likeness (QED) is 0.598. The van der Waals surface area contributed by atoms with Gasteiger partial charge in [0.25, 0.3) is 0 Å². The summed E-state index contributed by atoms with van der Waals surface area (Å²) in [6.07, 6.45) is -0.120. The van der Waals surface area contributed by atoms with E-state index in [4.69, 9.17) is 10.5 Å². The Balaban J connectivity index is 3.01. The summed E-state index contributed by atoms with van der Waals surface area (Å²) in [6.45, 7) is 6.07. The summed E-state index contributed by atoms with van der Waals surface area (Å²) in [5, 5.41) is 14.0. The molecule has 1 rings (SSSR count). The number of nitrogens with two attached hydrogens (primary N) is 1. The van der Waals surface area contributed by atoms with Gasteiger partial charge in [0.15, 0.2) is 5.75 Å². The lowest BCUT2D eigenvalue weighted by Gasteiger charge is -2.15. The lowest BCUT2D eigenvalue weighted by molar-refractivity contribution is -0.386. The maximum Gasteiger partial charge on any atom is 0.311 e. The predicted molar refractivity (Wildman–Crippen MR) is 71.0 cm³/mol. The van der Waals surface area contributed by atoms with E-state index >= 15 is 0 Å². The minimum atomic E-state index is -0.451. The van der Waals surface area contributed by atoms with Crippen molar-refractivity contribution < 1.29 is 9.66 Å². The average molecular weight is 253 g/mol. The fourth-order valence-electron chi connectivity index (χ4n) is 1.45. The first-order valence-electron chi connectivity index (χ1n) is 5.85. The van der Waals surface area contributed by atoms with E-state index in [0.717, 1.165) is 5.69 Å². The number of nitrogens with zero attached hydrogens (tertiary/aromatic N) is 1. The summed E-state index contributed by atoms with van der Waals surface area (Å²) >= 11 is 0. The maximum absolute atomic E-state index is 10.9. The van der Waals surface area contributed by atoms with Crippen LogP contribution in [0.3, 0.4) is 0 Å². The Morgan fingerprint density at radius 3 is 2.61 bits per heavy atom. The Hall–Kier alpha value is -1.82. The molecule has 0 aliphatic carbocycles. The normalized spacial score (nSPS) is 12.3. The highest BCUT2D eigenvalue weighted by molar-refractivity contribution is 5.58. The van der Waals surface area contributed by atoms with E-state index in [9.17, 15) is 10.1 Å². The standard InChI is InChI=1S/C12H19N3O3/c1-8(2)18-12-6-10(14-9(3)7-13)4-5-11(12)15(16)17/h4-6,8-9,14H,7,13H2,1-3H3. The van der Waals surface area contributed by atoms with E-state index in [1.807, 2.05) is 20.8 Å². The molecule has 1 aromatic carbocycles. The molecule has 0 saturated carbocycles. The molecule has 0 heterocycles. The molecule has 0 radical (unpaired) electrons. The van der Waals surface area contributed by atoms with Crippen LogP contribution in [0, 0.1) is 10.1 Å². The SMILES string of the molecule is CC(CN)Nc1ccc([N+](=O)[O-])c(OC(C)C)c1. The van der Waals surface area contributed by atoms with Crippen molar-refractivity contribution in [1.29, 1.82) is 0 Å². The minimum Gasteiger partial charge on any atom is -0.484 e. The molecule has 6 heteroatoms. The van der Waals surface area contributed by atoms with Crippen molar-refractivity contribution in [2.45, 2.75) is 32.9 Å². The zero-order chi connectivity index (χ0) is 13.7. The van der Waals surface area contributed by atoms with Crippen LogP contribution < -0.4 is 15.8 Å². The number of rotatable bonds is 6. The van der Waals surface area contributed by atoms with Gasteiger partial charge in [0, 0.05) is 30.4 Å². The van der Waals surface area contributed by atoms with Crippen molar-refractivity contribution in [3.63, 3.8) is 0 Å². The Morgan fingerprint density at radius 2 is 2.11 bits per heavy atom. The number of hydrogen-bond acceptors (Lipinski definition) is 5. The Labute approximate surface area is 106 Å². The van der Waals surface area contributed by atoms with Gasteiger partial charge in [-0.3, -0.25) is 10.1 Å². The average Bonchev–Trinajstić information content (AvgIpc) is 2.27. The second-order valence-corrected chi connectivity index (χ2v) is 4.39. The number of nitrogens with one attached hydrogen (secondary N) is 1. The fraction of sp³-hybridized carbons (Fsp3) is 0.500. The molecule has 0 aliphatic rings. The molecule has 1 atom stereocenters. The van der Waals surface area contributed by atoms with Crippen LogP contribution in [0.1, 0.15) is 20.8 Å². The summed E-state index contributed by atoms with van der Waals surface area (Å²) < 4.78 is 5.45. The molecule has 1 unspecified atom stereocenters. The number of nitro groups is 1. The maximum atomic E-state index is 10.9. The molecule has 0 saturated heterocycles. The largest absolute Gasteiger partial charge is 0.484 e. The molecule has 0 fully saturated rings. The van der Waals surface area contributed by atoms with Gasteiger partial charge in [-0.2, -0.15) is 0 Å². The van der Waals surface area contributed by atoms with Crippen LogP contribution in [-0.4, -0.2) is 23.6 Å². The molecule has 0 bridgehead atoms. The predicted octanol–water partition coefficient (Wildman–Crippen LogP) is 2.14. The summed E-state index contributed by atoms with van der Waals surface area (Å²) in [5.74, 6) is 0.268. The Bertz CT molecular complexity index is 421. The number of ether oxygens (including phenoxy) is 1. The second kappa shape index (κ2) is 6.20.